The van der Waals surface area contributed by atoms with E-state index in [0.29, 0.717) is 22.6 Å². The number of anilines is 1. The second kappa shape index (κ2) is 8.90. The van der Waals surface area contributed by atoms with Gasteiger partial charge >= 0.3 is 0 Å². The number of benzene rings is 1. The van der Waals surface area contributed by atoms with Crippen molar-refractivity contribution in [3.8, 4) is 0 Å². The molecule has 0 amide bonds. The second-order valence-corrected chi connectivity index (χ2v) is 6.07. The maximum Gasteiger partial charge on any atom is 0.266 e. The molecule has 8 heteroatoms. The molecule has 28 heavy (non-hydrogen) atoms. The molecule has 0 fully saturated rings. The summed E-state index contributed by atoms with van der Waals surface area (Å²) >= 11 is 0. The number of nitrogens with one attached hydrogen (secondary N) is 2. The summed E-state index contributed by atoms with van der Waals surface area (Å²) in [5.41, 5.74) is 9.31. The summed E-state index contributed by atoms with van der Waals surface area (Å²) in [6.07, 6.45) is 5.88. The van der Waals surface area contributed by atoms with Crippen molar-refractivity contribution in [2.45, 2.75) is 12.5 Å². The number of hydrogen-bond acceptors (Lipinski definition) is 5. The van der Waals surface area contributed by atoms with Crippen LogP contribution in [0.1, 0.15) is 23.7 Å². The van der Waals surface area contributed by atoms with Crippen molar-refractivity contribution in [3.63, 3.8) is 0 Å². The minimum absolute atomic E-state index is 0.0994. The Bertz CT molecular complexity index is 1030. The van der Waals surface area contributed by atoms with Crippen LogP contribution in [0.4, 0.5) is 14.5 Å². The Balaban J connectivity index is 1.96. The van der Waals surface area contributed by atoms with Gasteiger partial charge in [0.1, 0.15) is 12.0 Å². The van der Waals surface area contributed by atoms with Crippen LogP contribution in [0.3, 0.4) is 0 Å². The lowest BCUT2D eigenvalue weighted by atomic mass is 10.0. The third-order valence-corrected chi connectivity index (χ3v) is 4.16. The number of rotatable bonds is 7. The number of allylic oxidation sites excluding steroid dienone is 1. The smallest absolute Gasteiger partial charge is 0.266 e. The van der Waals surface area contributed by atoms with Crippen LogP contribution < -0.4 is 11.1 Å². The van der Waals surface area contributed by atoms with Gasteiger partial charge in [-0.3, -0.25) is 4.99 Å². The van der Waals surface area contributed by atoms with Gasteiger partial charge in [-0.25, -0.2) is 9.97 Å². The lowest BCUT2D eigenvalue weighted by Crippen LogP contribution is -2.16. The van der Waals surface area contributed by atoms with E-state index in [1.807, 2.05) is 12.1 Å². The SMILES string of the molecule is CN=C/C(=C\NC(CC=C(F)F)c1cccc(N)c1)c1ncnc2[nH]ccc12. The molecule has 0 saturated carbocycles. The molecule has 0 radical (unpaired) electrons. The summed E-state index contributed by atoms with van der Waals surface area (Å²) < 4.78 is 25.3. The molecule has 0 saturated heterocycles. The first-order valence-electron chi connectivity index (χ1n) is 8.62. The van der Waals surface area contributed by atoms with Crippen molar-refractivity contribution in [2.75, 3.05) is 12.8 Å². The van der Waals surface area contributed by atoms with Crippen molar-refractivity contribution < 1.29 is 8.78 Å². The van der Waals surface area contributed by atoms with E-state index in [0.717, 1.165) is 17.0 Å². The van der Waals surface area contributed by atoms with Gasteiger partial charge in [0.25, 0.3) is 6.08 Å². The quantitative estimate of drug-likeness (QED) is 0.424. The normalized spacial score (nSPS) is 13.0. The second-order valence-electron chi connectivity index (χ2n) is 6.07. The van der Waals surface area contributed by atoms with Crippen LogP contribution in [0.25, 0.3) is 16.6 Å². The molecular formula is C20H20F2N6. The molecule has 3 rings (SSSR count). The van der Waals surface area contributed by atoms with Gasteiger partial charge in [-0.15, -0.1) is 0 Å². The molecule has 6 nitrogen and oxygen atoms in total. The van der Waals surface area contributed by atoms with Crippen LogP contribution in [-0.2, 0) is 0 Å². The molecular weight excluding hydrogens is 362 g/mol. The van der Waals surface area contributed by atoms with Gasteiger partial charge in [0.15, 0.2) is 0 Å². The fourth-order valence-electron chi connectivity index (χ4n) is 2.88. The predicted molar refractivity (Wildman–Crippen MR) is 108 cm³/mol. The number of nitrogen functional groups attached to an aromatic ring is 1. The Hall–Kier alpha value is -3.55. The molecule has 1 unspecified atom stereocenters. The molecule has 4 N–H and O–H groups in total. The van der Waals surface area contributed by atoms with Crippen molar-refractivity contribution in [1.29, 1.82) is 0 Å². The highest BCUT2D eigenvalue weighted by atomic mass is 19.3. The lowest BCUT2D eigenvalue weighted by molar-refractivity contribution is 0.414. The summed E-state index contributed by atoms with van der Waals surface area (Å²) in [6.45, 7) is 0. The zero-order valence-corrected chi connectivity index (χ0v) is 15.2. The first kappa shape index (κ1) is 19.2. The highest BCUT2D eigenvalue weighted by Gasteiger charge is 2.12. The zero-order chi connectivity index (χ0) is 19.9. The standard InChI is InChI=1S/C20H20F2N6/c1-24-10-14(19-16-7-8-25-20(16)28-12-27-19)11-26-17(5-6-18(21)22)13-3-2-4-15(23)9-13/h2-4,6-12,17,26H,5,23H2,1H3,(H,25,27,28)/b14-11+,24-10?. The Labute approximate surface area is 160 Å². The van der Waals surface area contributed by atoms with Crippen LogP contribution in [-0.4, -0.2) is 28.2 Å². The van der Waals surface area contributed by atoms with Crippen LogP contribution in [0.5, 0.6) is 0 Å². The third kappa shape index (κ3) is 4.59. The Kier molecular flexibility index (Phi) is 6.11. The van der Waals surface area contributed by atoms with Crippen molar-refractivity contribution in [2.24, 2.45) is 4.99 Å². The van der Waals surface area contributed by atoms with Gasteiger partial charge in [-0.1, -0.05) is 12.1 Å². The molecule has 1 aromatic carbocycles. The first-order valence-corrected chi connectivity index (χ1v) is 8.62. The molecule has 2 heterocycles. The average molecular weight is 382 g/mol. The summed E-state index contributed by atoms with van der Waals surface area (Å²) in [4.78, 5) is 15.7. The minimum Gasteiger partial charge on any atom is -0.399 e. The molecule has 1 atom stereocenters. The molecule has 0 spiro atoms. The molecule has 0 aliphatic rings. The van der Waals surface area contributed by atoms with Gasteiger partial charge in [0.05, 0.1) is 11.7 Å². The van der Waals surface area contributed by atoms with E-state index in [4.69, 9.17) is 5.73 Å². The highest BCUT2D eigenvalue weighted by Crippen LogP contribution is 2.23. The van der Waals surface area contributed by atoms with Gasteiger partial charge in [-0.05, 0) is 36.3 Å². The van der Waals surface area contributed by atoms with Crippen LogP contribution in [0.15, 0.2) is 66.2 Å². The molecule has 144 valence electrons. The summed E-state index contributed by atoms with van der Waals surface area (Å²) in [7, 11) is 1.65. The summed E-state index contributed by atoms with van der Waals surface area (Å²) in [5, 5.41) is 4.04. The fourth-order valence-corrected chi connectivity index (χ4v) is 2.88. The van der Waals surface area contributed by atoms with E-state index in [1.54, 1.807) is 43.9 Å². The maximum absolute atomic E-state index is 12.7. The number of halogens is 2. The number of hydrogen-bond donors (Lipinski definition) is 3. The van der Waals surface area contributed by atoms with Crippen molar-refractivity contribution in [3.05, 3.63) is 72.5 Å². The number of aromatic amines is 1. The van der Waals surface area contributed by atoms with E-state index >= 15 is 0 Å². The van der Waals surface area contributed by atoms with Crippen LogP contribution in [0.2, 0.25) is 0 Å². The van der Waals surface area contributed by atoms with Gasteiger partial charge in [0.2, 0.25) is 0 Å². The van der Waals surface area contributed by atoms with Gasteiger partial charge in [-0.2, -0.15) is 8.78 Å². The Morgan fingerprint density at radius 3 is 2.93 bits per heavy atom. The Morgan fingerprint density at radius 2 is 2.18 bits per heavy atom. The number of nitrogens with zero attached hydrogens (tertiary/aromatic N) is 3. The average Bonchev–Trinajstić information content (AvgIpc) is 3.16. The van der Waals surface area contributed by atoms with Crippen LogP contribution >= 0.6 is 0 Å². The molecule has 0 aliphatic heterocycles. The maximum atomic E-state index is 12.7. The van der Waals surface area contributed by atoms with Gasteiger partial charge < -0.3 is 16.0 Å². The van der Waals surface area contributed by atoms with Crippen molar-refractivity contribution in [1.82, 2.24) is 20.3 Å². The van der Waals surface area contributed by atoms with E-state index in [2.05, 4.69) is 25.3 Å². The number of H-pyrrole nitrogens is 1. The topological polar surface area (TPSA) is 92.0 Å². The predicted octanol–water partition coefficient (Wildman–Crippen LogP) is 4.08. The third-order valence-electron chi connectivity index (χ3n) is 4.16. The number of aliphatic imine (C=N–C) groups is 1. The molecule has 3 aromatic rings. The van der Waals surface area contributed by atoms with E-state index in [-0.39, 0.29) is 6.42 Å². The lowest BCUT2D eigenvalue weighted by Gasteiger charge is -2.17. The van der Waals surface area contributed by atoms with E-state index < -0.39 is 12.1 Å². The number of nitrogens with two attached hydrogens (primary N) is 1. The van der Waals surface area contributed by atoms with Crippen molar-refractivity contribution >= 4 is 28.5 Å². The Morgan fingerprint density at radius 1 is 1.32 bits per heavy atom. The fraction of sp³-hybridized carbons (Fsp3) is 0.150. The first-order chi connectivity index (χ1) is 13.6. The monoisotopic (exact) mass is 382 g/mol. The number of fused-ring (bicyclic) bond motifs is 1. The summed E-state index contributed by atoms with van der Waals surface area (Å²) in [6, 6.07) is 8.63. The van der Waals surface area contributed by atoms with E-state index in [9.17, 15) is 8.78 Å². The number of aromatic nitrogens is 3. The largest absolute Gasteiger partial charge is 0.399 e. The summed E-state index contributed by atoms with van der Waals surface area (Å²) in [5.74, 6) is 0. The van der Waals surface area contributed by atoms with E-state index in [1.165, 1.54) is 6.33 Å². The van der Waals surface area contributed by atoms with Crippen LogP contribution in [0, 0.1) is 0 Å². The molecule has 0 bridgehead atoms. The highest BCUT2D eigenvalue weighted by molar-refractivity contribution is 6.13. The molecule has 2 aromatic heterocycles. The minimum atomic E-state index is -1.72. The van der Waals surface area contributed by atoms with Gasteiger partial charge in [0, 0.05) is 42.3 Å². The zero-order valence-electron chi connectivity index (χ0n) is 15.2. The molecule has 0 aliphatic carbocycles.